The van der Waals surface area contributed by atoms with Crippen LogP contribution in [0.1, 0.15) is 40.4 Å². The Morgan fingerprint density at radius 2 is 1.74 bits per heavy atom. The van der Waals surface area contributed by atoms with E-state index in [0.29, 0.717) is 11.5 Å². The van der Waals surface area contributed by atoms with Crippen molar-refractivity contribution in [1.82, 2.24) is 5.32 Å². The topological polar surface area (TPSA) is 73.9 Å². The summed E-state index contributed by atoms with van der Waals surface area (Å²) in [5.74, 6) is -0.329. The lowest BCUT2D eigenvalue weighted by Gasteiger charge is -2.26. The Morgan fingerprint density at radius 3 is 2.44 bits per heavy atom. The molecule has 1 amide bonds. The monoisotopic (exact) mass is 369 g/mol. The maximum Gasteiger partial charge on any atom is 0.346 e. The minimum Gasteiger partial charge on any atom is -0.496 e. The molecule has 1 aliphatic carbocycles. The molecule has 0 saturated carbocycles. The average molecular weight is 369 g/mol. The molecule has 0 aliphatic heterocycles. The van der Waals surface area contributed by atoms with Crippen molar-refractivity contribution in [2.75, 3.05) is 20.8 Å². The first-order valence-corrected chi connectivity index (χ1v) is 8.89. The number of methoxy groups -OCH3 is 2. The number of aryl methyl sites for hydroxylation is 1. The fourth-order valence-electron chi connectivity index (χ4n) is 3.40. The summed E-state index contributed by atoms with van der Waals surface area (Å²) in [6.45, 7) is -0.362. The fraction of sp³-hybridized carbons (Fsp3) is 0.333. The van der Waals surface area contributed by atoms with Crippen molar-refractivity contribution in [3.63, 3.8) is 0 Å². The lowest BCUT2D eigenvalue weighted by Crippen LogP contribution is -2.34. The van der Waals surface area contributed by atoms with Crippen LogP contribution >= 0.6 is 0 Å². The van der Waals surface area contributed by atoms with Gasteiger partial charge in [-0.2, -0.15) is 0 Å². The van der Waals surface area contributed by atoms with Crippen LogP contribution < -0.4 is 14.8 Å². The predicted octanol–water partition coefficient (Wildman–Crippen LogP) is 3.05. The number of benzene rings is 2. The van der Waals surface area contributed by atoms with Crippen molar-refractivity contribution in [2.45, 2.75) is 25.3 Å². The van der Waals surface area contributed by atoms with Crippen LogP contribution in [-0.2, 0) is 16.0 Å². The molecule has 6 heteroatoms. The van der Waals surface area contributed by atoms with Gasteiger partial charge in [0.15, 0.2) is 6.61 Å². The molecule has 1 N–H and O–H groups in total. The van der Waals surface area contributed by atoms with E-state index in [0.717, 1.165) is 24.8 Å². The van der Waals surface area contributed by atoms with Gasteiger partial charge < -0.3 is 19.5 Å². The largest absolute Gasteiger partial charge is 0.496 e. The maximum absolute atomic E-state index is 12.4. The first-order valence-electron chi connectivity index (χ1n) is 8.89. The van der Waals surface area contributed by atoms with Gasteiger partial charge in [0.25, 0.3) is 5.91 Å². The van der Waals surface area contributed by atoms with Crippen LogP contribution in [0.2, 0.25) is 0 Å². The van der Waals surface area contributed by atoms with Crippen LogP contribution in [0.15, 0.2) is 42.5 Å². The maximum atomic E-state index is 12.4. The van der Waals surface area contributed by atoms with Gasteiger partial charge in [-0.1, -0.05) is 30.3 Å². The quantitative estimate of drug-likeness (QED) is 0.792. The van der Waals surface area contributed by atoms with E-state index in [-0.39, 0.29) is 24.1 Å². The van der Waals surface area contributed by atoms with Gasteiger partial charge in [0.05, 0.1) is 20.3 Å². The van der Waals surface area contributed by atoms with Crippen LogP contribution in [0.4, 0.5) is 0 Å². The Balaban J connectivity index is 1.63. The van der Waals surface area contributed by atoms with Gasteiger partial charge in [0.2, 0.25) is 0 Å². The molecule has 142 valence electrons. The Bertz CT molecular complexity index is 811. The van der Waals surface area contributed by atoms with Crippen molar-refractivity contribution in [3.05, 3.63) is 59.2 Å². The second-order valence-electron chi connectivity index (χ2n) is 6.32. The molecular weight excluding hydrogens is 346 g/mol. The second-order valence-corrected chi connectivity index (χ2v) is 6.32. The Kier molecular flexibility index (Phi) is 5.96. The van der Waals surface area contributed by atoms with E-state index in [1.165, 1.54) is 19.8 Å². The molecule has 0 spiro atoms. The summed E-state index contributed by atoms with van der Waals surface area (Å²) in [6, 6.07) is 13.0. The normalized spacial score (nSPS) is 15.4. The first kappa shape index (κ1) is 18.8. The SMILES string of the molecule is COc1cccc(OC)c1C(=O)OCC(=O)N[C@H]1CCCc2ccccc21. The van der Waals surface area contributed by atoms with Crippen molar-refractivity contribution in [2.24, 2.45) is 0 Å². The lowest BCUT2D eigenvalue weighted by molar-refractivity contribution is -0.125. The van der Waals surface area contributed by atoms with E-state index in [9.17, 15) is 9.59 Å². The zero-order chi connectivity index (χ0) is 19.2. The van der Waals surface area contributed by atoms with Crippen molar-refractivity contribution >= 4 is 11.9 Å². The number of rotatable bonds is 6. The third kappa shape index (κ3) is 4.22. The molecule has 6 nitrogen and oxygen atoms in total. The van der Waals surface area contributed by atoms with Gasteiger partial charge in [-0.05, 0) is 42.5 Å². The summed E-state index contributed by atoms with van der Waals surface area (Å²) >= 11 is 0. The molecule has 1 aliphatic rings. The number of esters is 1. The molecule has 0 saturated heterocycles. The number of carbonyl (C=O) groups excluding carboxylic acids is 2. The van der Waals surface area contributed by atoms with Gasteiger partial charge >= 0.3 is 5.97 Å². The zero-order valence-corrected chi connectivity index (χ0v) is 15.5. The molecule has 0 heterocycles. The molecule has 0 unspecified atom stereocenters. The molecular formula is C21H23NO5. The Hall–Kier alpha value is -3.02. The lowest BCUT2D eigenvalue weighted by atomic mass is 9.88. The van der Waals surface area contributed by atoms with Crippen molar-refractivity contribution in [1.29, 1.82) is 0 Å². The highest BCUT2D eigenvalue weighted by molar-refractivity contribution is 5.96. The molecule has 2 aromatic carbocycles. The van der Waals surface area contributed by atoms with Gasteiger partial charge in [0, 0.05) is 0 Å². The van der Waals surface area contributed by atoms with Gasteiger partial charge in [-0.25, -0.2) is 4.79 Å². The van der Waals surface area contributed by atoms with Crippen molar-refractivity contribution in [3.8, 4) is 11.5 Å². The molecule has 0 aromatic heterocycles. The summed E-state index contributed by atoms with van der Waals surface area (Å²) in [5, 5.41) is 2.96. The molecule has 27 heavy (non-hydrogen) atoms. The Morgan fingerprint density at radius 1 is 1.04 bits per heavy atom. The smallest absolute Gasteiger partial charge is 0.346 e. The van der Waals surface area contributed by atoms with E-state index in [1.54, 1.807) is 18.2 Å². The summed E-state index contributed by atoms with van der Waals surface area (Å²) < 4.78 is 15.6. The third-order valence-corrected chi connectivity index (χ3v) is 4.67. The van der Waals surface area contributed by atoms with Gasteiger partial charge in [0.1, 0.15) is 17.1 Å². The van der Waals surface area contributed by atoms with Crippen LogP contribution in [0, 0.1) is 0 Å². The van der Waals surface area contributed by atoms with E-state index in [2.05, 4.69) is 11.4 Å². The van der Waals surface area contributed by atoms with Crippen LogP contribution in [0.3, 0.4) is 0 Å². The molecule has 1 atom stereocenters. The van der Waals surface area contributed by atoms with E-state index >= 15 is 0 Å². The van der Waals surface area contributed by atoms with Crippen LogP contribution in [-0.4, -0.2) is 32.7 Å². The van der Waals surface area contributed by atoms with Crippen LogP contribution in [0.5, 0.6) is 11.5 Å². The molecule has 3 rings (SSSR count). The highest BCUT2D eigenvalue weighted by Crippen LogP contribution is 2.30. The molecule has 0 bridgehead atoms. The first-order chi connectivity index (χ1) is 13.1. The standard InChI is InChI=1S/C21H23NO5/c1-25-17-11-6-12-18(26-2)20(17)21(24)27-13-19(23)22-16-10-5-8-14-7-3-4-9-15(14)16/h3-4,6-7,9,11-12,16H,5,8,10,13H2,1-2H3,(H,22,23)/t16-/m0/s1. The number of carbonyl (C=O) groups is 2. The minimum absolute atomic E-state index is 0.0538. The number of hydrogen-bond donors (Lipinski definition) is 1. The number of nitrogens with one attached hydrogen (secondary N) is 1. The van der Waals surface area contributed by atoms with E-state index in [1.807, 2.05) is 18.2 Å². The summed E-state index contributed by atoms with van der Waals surface area (Å²) in [4.78, 5) is 24.8. The second kappa shape index (κ2) is 8.58. The number of hydrogen-bond acceptors (Lipinski definition) is 5. The minimum atomic E-state index is -0.663. The number of amides is 1. The number of fused-ring (bicyclic) bond motifs is 1. The molecule has 0 radical (unpaired) electrons. The van der Waals surface area contributed by atoms with Crippen LogP contribution in [0.25, 0.3) is 0 Å². The highest BCUT2D eigenvalue weighted by atomic mass is 16.5. The third-order valence-electron chi connectivity index (χ3n) is 4.67. The van der Waals surface area contributed by atoms with E-state index < -0.39 is 5.97 Å². The predicted molar refractivity (Wildman–Crippen MR) is 100 cm³/mol. The summed E-state index contributed by atoms with van der Waals surface area (Å²) in [5.41, 5.74) is 2.55. The van der Waals surface area contributed by atoms with Crippen molar-refractivity contribution < 1.29 is 23.8 Å². The Labute approximate surface area is 158 Å². The number of ether oxygens (including phenoxy) is 3. The fourth-order valence-corrected chi connectivity index (χ4v) is 3.40. The van der Waals surface area contributed by atoms with Gasteiger partial charge in [-0.15, -0.1) is 0 Å². The summed E-state index contributed by atoms with van der Waals surface area (Å²) in [7, 11) is 2.91. The zero-order valence-electron chi connectivity index (χ0n) is 15.5. The average Bonchev–Trinajstić information content (AvgIpc) is 2.71. The molecule has 0 fully saturated rings. The molecule has 2 aromatic rings. The van der Waals surface area contributed by atoms with E-state index in [4.69, 9.17) is 14.2 Å². The summed E-state index contributed by atoms with van der Waals surface area (Å²) in [6.07, 6.45) is 2.91. The van der Waals surface area contributed by atoms with Gasteiger partial charge in [-0.3, -0.25) is 4.79 Å². The highest BCUT2D eigenvalue weighted by Gasteiger charge is 2.23.